The van der Waals surface area contributed by atoms with Crippen LogP contribution < -0.4 is 5.43 Å². The molecule has 0 unspecified atom stereocenters. The average Bonchev–Trinajstić information content (AvgIpc) is 2.37. The van der Waals surface area contributed by atoms with Gasteiger partial charge in [0.2, 0.25) is 0 Å². The first kappa shape index (κ1) is 18.3. The molecular formula is C15H20N4O4. The Morgan fingerprint density at radius 3 is 2.35 bits per heavy atom. The summed E-state index contributed by atoms with van der Waals surface area (Å²) >= 11 is 0. The molecule has 0 bridgehead atoms. The van der Waals surface area contributed by atoms with Crippen molar-refractivity contribution < 1.29 is 14.8 Å². The molecule has 124 valence electrons. The molecule has 0 aliphatic heterocycles. The Labute approximate surface area is 134 Å². The van der Waals surface area contributed by atoms with Gasteiger partial charge in [-0.05, 0) is 33.8 Å². The molecule has 0 atom stereocenters. The van der Waals surface area contributed by atoms with Crippen molar-refractivity contribution in [2.45, 2.75) is 40.2 Å². The average molecular weight is 320 g/mol. The van der Waals surface area contributed by atoms with Gasteiger partial charge in [0.05, 0.1) is 27.9 Å². The van der Waals surface area contributed by atoms with Crippen LogP contribution in [0.1, 0.15) is 34.6 Å². The number of rotatable bonds is 5. The van der Waals surface area contributed by atoms with Crippen LogP contribution in [-0.2, 0) is 4.79 Å². The van der Waals surface area contributed by atoms with E-state index >= 15 is 0 Å². The van der Waals surface area contributed by atoms with Crippen LogP contribution in [0.15, 0.2) is 28.3 Å². The topological polar surface area (TPSA) is 117 Å². The quantitative estimate of drug-likeness (QED) is 0.374. The summed E-state index contributed by atoms with van der Waals surface area (Å²) in [5.74, 6) is -0.624. The summed E-state index contributed by atoms with van der Waals surface area (Å²) in [4.78, 5) is 26.1. The summed E-state index contributed by atoms with van der Waals surface area (Å²) in [5.41, 5.74) is 2.67. The lowest BCUT2D eigenvalue weighted by atomic mass is 10.1. The summed E-state index contributed by atoms with van der Waals surface area (Å²) in [6.07, 6.45) is 0. The Morgan fingerprint density at radius 2 is 1.91 bits per heavy atom. The minimum absolute atomic E-state index is 0.123. The van der Waals surface area contributed by atoms with Crippen LogP contribution in [0.2, 0.25) is 0 Å². The highest BCUT2D eigenvalue weighted by molar-refractivity contribution is 6.66. The molecule has 1 rings (SSSR count). The van der Waals surface area contributed by atoms with E-state index in [1.165, 1.54) is 19.1 Å². The molecule has 0 amide bonds. The Balaban J connectivity index is 3.11. The molecule has 0 aliphatic rings. The van der Waals surface area contributed by atoms with E-state index in [2.05, 4.69) is 15.5 Å². The second kappa shape index (κ2) is 6.99. The molecule has 0 spiro atoms. The second-order valence-electron chi connectivity index (χ2n) is 5.95. The maximum absolute atomic E-state index is 11.7. The van der Waals surface area contributed by atoms with Gasteiger partial charge in [-0.3, -0.25) is 25.3 Å². The zero-order valence-corrected chi connectivity index (χ0v) is 13.7. The number of nitrogens with zero attached hydrogens (tertiary/aromatic N) is 3. The monoisotopic (exact) mass is 320 g/mol. The molecule has 0 radical (unpaired) electrons. The molecule has 1 aromatic carbocycles. The number of Topliss-reactive ketones (excluding diaryl/α,β-unsaturated/α-hetero) is 1. The third-order valence-electron chi connectivity index (χ3n) is 2.66. The van der Waals surface area contributed by atoms with E-state index in [-0.39, 0.29) is 34.2 Å². The highest BCUT2D eigenvalue weighted by Gasteiger charge is 2.15. The number of anilines is 1. The number of phenols is 1. The first-order chi connectivity index (χ1) is 10.5. The van der Waals surface area contributed by atoms with Crippen molar-refractivity contribution in [2.75, 3.05) is 5.43 Å². The first-order valence-corrected chi connectivity index (χ1v) is 6.90. The highest BCUT2D eigenvalue weighted by atomic mass is 16.6. The third kappa shape index (κ3) is 5.50. The lowest BCUT2D eigenvalue weighted by Gasteiger charge is -2.14. The number of hydrazone groups is 1. The fourth-order valence-electron chi connectivity index (χ4n) is 1.81. The summed E-state index contributed by atoms with van der Waals surface area (Å²) < 4.78 is 0. The number of hydrogen-bond donors (Lipinski definition) is 2. The van der Waals surface area contributed by atoms with Gasteiger partial charge in [-0.1, -0.05) is 0 Å². The van der Waals surface area contributed by atoms with Gasteiger partial charge in [0.15, 0.2) is 5.78 Å². The highest BCUT2D eigenvalue weighted by Crippen LogP contribution is 2.27. The van der Waals surface area contributed by atoms with Crippen LogP contribution in [0.25, 0.3) is 0 Å². The fourth-order valence-corrected chi connectivity index (χ4v) is 1.81. The van der Waals surface area contributed by atoms with Gasteiger partial charge in [0.25, 0.3) is 5.69 Å². The van der Waals surface area contributed by atoms with Crippen LogP contribution in [0.4, 0.5) is 11.4 Å². The number of benzene rings is 1. The van der Waals surface area contributed by atoms with E-state index in [1.807, 2.05) is 20.8 Å². The molecule has 8 heteroatoms. The van der Waals surface area contributed by atoms with Gasteiger partial charge in [-0.25, -0.2) is 0 Å². The number of hydrogen-bond acceptors (Lipinski definition) is 7. The van der Waals surface area contributed by atoms with Gasteiger partial charge in [0, 0.05) is 13.0 Å². The summed E-state index contributed by atoms with van der Waals surface area (Å²) in [6.45, 7) is 8.71. The smallest absolute Gasteiger partial charge is 0.273 e. The van der Waals surface area contributed by atoms with Gasteiger partial charge in [-0.15, -0.1) is 0 Å². The minimum Gasteiger partial charge on any atom is -0.505 e. The molecule has 0 saturated carbocycles. The molecule has 0 fully saturated rings. The maximum Gasteiger partial charge on any atom is 0.273 e. The van der Waals surface area contributed by atoms with Crippen molar-refractivity contribution in [2.24, 2.45) is 10.1 Å². The molecular weight excluding hydrogens is 300 g/mol. The summed E-state index contributed by atoms with van der Waals surface area (Å²) in [6, 6.07) is 3.54. The van der Waals surface area contributed by atoms with Crippen LogP contribution in [0.3, 0.4) is 0 Å². The van der Waals surface area contributed by atoms with Crippen molar-refractivity contribution in [1.82, 2.24) is 0 Å². The molecule has 0 aromatic heterocycles. The minimum atomic E-state index is -0.617. The van der Waals surface area contributed by atoms with Crippen LogP contribution in [0, 0.1) is 10.1 Å². The number of aromatic hydroxyl groups is 1. The SMILES string of the molecule is CC(=O)/C(=N/Nc1ccc([N+](=O)[O-])cc1O)C(C)=NC(C)(C)C. The Bertz CT molecular complexity index is 687. The van der Waals surface area contributed by atoms with E-state index in [0.717, 1.165) is 6.07 Å². The van der Waals surface area contributed by atoms with Gasteiger partial charge >= 0.3 is 0 Å². The van der Waals surface area contributed by atoms with Gasteiger partial charge < -0.3 is 5.11 Å². The molecule has 1 aromatic rings. The van der Waals surface area contributed by atoms with Crippen molar-refractivity contribution in [1.29, 1.82) is 0 Å². The predicted octanol–water partition coefficient (Wildman–Crippen LogP) is 2.92. The van der Waals surface area contributed by atoms with E-state index in [9.17, 15) is 20.0 Å². The van der Waals surface area contributed by atoms with E-state index in [0.29, 0.717) is 5.71 Å². The van der Waals surface area contributed by atoms with E-state index in [1.54, 1.807) is 6.92 Å². The largest absolute Gasteiger partial charge is 0.505 e. The molecule has 23 heavy (non-hydrogen) atoms. The number of nitro benzene ring substituents is 1. The number of non-ortho nitro benzene ring substituents is 1. The van der Waals surface area contributed by atoms with Crippen molar-refractivity contribution in [3.05, 3.63) is 28.3 Å². The van der Waals surface area contributed by atoms with Crippen molar-refractivity contribution >= 4 is 28.6 Å². The number of carbonyl (C=O) groups excluding carboxylic acids is 1. The first-order valence-electron chi connectivity index (χ1n) is 6.90. The molecule has 0 heterocycles. The number of aliphatic imine (C=N–C) groups is 1. The van der Waals surface area contributed by atoms with Crippen molar-refractivity contribution in [3.8, 4) is 5.75 Å². The van der Waals surface area contributed by atoms with Gasteiger partial charge in [0.1, 0.15) is 11.5 Å². The number of ketones is 1. The second-order valence-corrected chi connectivity index (χ2v) is 5.95. The normalized spacial score (nSPS) is 12.9. The van der Waals surface area contributed by atoms with Crippen molar-refractivity contribution in [3.63, 3.8) is 0 Å². The van der Waals surface area contributed by atoms with Crippen LogP contribution in [0.5, 0.6) is 5.75 Å². The number of nitrogens with one attached hydrogen (secondary N) is 1. The Kier molecular flexibility index (Phi) is 5.56. The lowest BCUT2D eigenvalue weighted by molar-refractivity contribution is -0.384. The molecule has 2 N–H and O–H groups in total. The third-order valence-corrected chi connectivity index (χ3v) is 2.66. The predicted molar refractivity (Wildman–Crippen MR) is 89.4 cm³/mol. The zero-order chi connectivity index (χ0) is 17.8. The molecule has 8 nitrogen and oxygen atoms in total. The molecule has 0 aliphatic carbocycles. The van der Waals surface area contributed by atoms with E-state index < -0.39 is 4.92 Å². The number of nitro groups is 1. The molecule has 0 saturated heterocycles. The van der Waals surface area contributed by atoms with Crippen LogP contribution in [-0.4, -0.2) is 32.8 Å². The lowest BCUT2D eigenvalue weighted by Crippen LogP contribution is -2.24. The number of phenolic OH excluding ortho intramolecular Hbond substituents is 1. The Morgan fingerprint density at radius 1 is 1.30 bits per heavy atom. The number of carbonyl (C=O) groups is 1. The Hall–Kier alpha value is -2.77. The van der Waals surface area contributed by atoms with Crippen LogP contribution >= 0.6 is 0 Å². The summed E-state index contributed by atoms with van der Waals surface area (Å²) in [7, 11) is 0. The standard InChI is InChI=1S/C15H20N4O4/c1-9(16-15(3,4)5)14(10(2)20)18-17-12-7-6-11(19(22)23)8-13(12)21/h6-8,17,21H,1-5H3/b16-9?,18-14+. The summed E-state index contributed by atoms with van der Waals surface area (Å²) in [5, 5.41) is 24.4. The zero-order valence-electron chi connectivity index (χ0n) is 13.7. The fraction of sp³-hybridized carbons (Fsp3) is 0.400. The van der Waals surface area contributed by atoms with E-state index in [4.69, 9.17) is 0 Å². The maximum atomic E-state index is 11.7. The van der Waals surface area contributed by atoms with Gasteiger partial charge in [-0.2, -0.15) is 5.10 Å².